The molecule has 0 spiro atoms. The van der Waals surface area contributed by atoms with Crippen molar-refractivity contribution in [3.05, 3.63) is 48.5 Å². The van der Waals surface area contributed by atoms with Crippen molar-refractivity contribution in [1.29, 1.82) is 0 Å². The van der Waals surface area contributed by atoms with Crippen LogP contribution in [0.5, 0.6) is 5.75 Å². The number of nitrogens with two attached hydrogens (primary N) is 2. The van der Waals surface area contributed by atoms with Gasteiger partial charge in [0, 0.05) is 22.6 Å². The molecule has 16 heteroatoms. The fraction of sp³-hybridized carbons (Fsp3) is 0.238. The van der Waals surface area contributed by atoms with Gasteiger partial charge in [0.1, 0.15) is 10.6 Å². The molecule has 0 fully saturated rings. The van der Waals surface area contributed by atoms with E-state index in [1.807, 2.05) is 0 Å². The normalized spacial score (nSPS) is 12.2. The number of anilines is 2. The number of sulfone groups is 1. The monoisotopic (exact) mass is 610 g/mol. The van der Waals surface area contributed by atoms with E-state index in [4.69, 9.17) is 20.6 Å². The molecule has 0 saturated carbocycles. The highest BCUT2D eigenvalue weighted by Gasteiger charge is 2.21. The minimum absolute atomic E-state index is 0.0283. The van der Waals surface area contributed by atoms with Crippen molar-refractivity contribution in [2.45, 2.75) is 28.0 Å². The first-order chi connectivity index (χ1) is 17.1. The summed E-state index contributed by atoms with van der Waals surface area (Å²) in [6.07, 6.45) is 1.11. The number of nitrogen functional groups attached to an aromatic ring is 2. The van der Waals surface area contributed by atoms with Crippen molar-refractivity contribution in [1.82, 2.24) is 0 Å². The SMILES string of the molecule is CCCSSCCS(=O)(=O)c1ccc(N)cc1.Nc1c(S(=O)(=O)O)cc2cc(S(=O)(=O)O)ccc2c1O. The van der Waals surface area contributed by atoms with Gasteiger partial charge in [0.2, 0.25) is 0 Å². The number of fused-ring (bicyclic) bond motifs is 1. The van der Waals surface area contributed by atoms with Crippen LogP contribution in [0.2, 0.25) is 0 Å². The van der Waals surface area contributed by atoms with Gasteiger partial charge in [-0.3, -0.25) is 9.11 Å². The molecule has 0 amide bonds. The van der Waals surface area contributed by atoms with Gasteiger partial charge in [0.05, 0.1) is 21.2 Å². The Morgan fingerprint density at radius 3 is 1.89 bits per heavy atom. The fourth-order valence-electron chi connectivity index (χ4n) is 2.87. The van der Waals surface area contributed by atoms with E-state index < -0.39 is 51.3 Å². The Morgan fingerprint density at radius 2 is 1.35 bits per heavy atom. The zero-order valence-electron chi connectivity index (χ0n) is 19.4. The molecule has 0 unspecified atom stereocenters. The molecule has 0 atom stereocenters. The lowest BCUT2D eigenvalue weighted by atomic mass is 10.1. The van der Waals surface area contributed by atoms with E-state index in [9.17, 15) is 30.4 Å². The second-order valence-corrected chi connectivity index (χ2v) is 15.1. The van der Waals surface area contributed by atoms with Crippen LogP contribution in [0.4, 0.5) is 11.4 Å². The van der Waals surface area contributed by atoms with Crippen molar-refractivity contribution < 1.29 is 39.5 Å². The predicted octanol–water partition coefficient (Wildman–Crippen LogP) is 3.45. The summed E-state index contributed by atoms with van der Waals surface area (Å²) in [7, 11) is -9.00. The highest BCUT2D eigenvalue weighted by Crippen LogP contribution is 2.37. The standard InChI is InChI=1S/C11H17NO2S3.C10H9NO7S2/c1-2-7-15-16-8-9-17(13,14)11-5-3-10(12)4-6-11;11-9-8(20(16,17)18)4-5-3-6(19(13,14)15)1-2-7(5)10(9)12/h3-6H,2,7-9,12H2,1H3;1-4,12H,11H2,(H,13,14,15)(H,16,17,18). The van der Waals surface area contributed by atoms with E-state index in [-0.39, 0.29) is 16.5 Å². The molecule has 0 aromatic heterocycles. The molecule has 0 bridgehead atoms. The molecule has 0 aliphatic rings. The number of rotatable bonds is 9. The molecule has 37 heavy (non-hydrogen) atoms. The Hall–Kier alpha value is -2.21. The van der Waals surface area contributed by atoms with Crippen LogP contribution in [0, 0.1) is 0 Å². The van der Waals surface area contributed by atoms with Crippen LogP contribution in [0.15, 0.2) is 63.2 Å². The number of phenolic OH excluding ortho intramolecular Hbond substituents is 1. The molecule has 0 saturated heterocycles. The number of hydrogen-bond donors (Lipinski definition) is 5. The summed E-state index contributed by atoms with van der Waals surface area (Å²) in [4.78, 5) is -0.891. The summed E-state index contributed by atoms with van der Waals surface area (Å²) in [5, 5.41) is 9.83. The third kappa shape index (κ3) is 8.66. The molecule has 204 valence electrons. The van der Waals surface area contributed by atoms with Crippen molar-refractivity contribution in [3.63, 3.8) is 0 Å². The maximum absolute atomic E-state index is 11.9. The molecule has 3 rings (SSSR count). The third-order valence-electron chi connectivity index (χ3n) is 4.71. The molecule has 0 aliphatic carbocycles. The van der Waals surface area contributed by atoms with Crippen LogP contribution in [0.25, 0.3) is 10.8 Å². The van der Waals surface area contributed by atoms with E-state index in [1.54, 1.807) is 45.9 Å². The van der Waals surface area contributed by atoms with Gasteiger partial charge in [-0.05, 0) is 60.3 Å². The van der Waals surface area contributed by atoms with Crippen LogP contribution >= 0.6 is 21.6 Å². The van der Waals surface area contributed by atoms with Crippen LogP contribution in [0.1, 0.15) is 13.3 Å². The summed E-state index contributed by atoms with van der Waals surface area (Å²) < 4.78 is 86.0. The quantitative estimate of drug-likeness (QED) is 0.0772. The average Bonchev–Trinajstić information content (AvgIpc) is 2.80. The summed E-state index contributed by atoms with van der Waals surface area (Å²) in [6, 6.07) is 10.4. The molecular weight excluding hydrogens is 585 g/mol. The van der Waals surface area contributed by atoms with Crippen molar-refractivity contribution in [2.24, 2.45) is 0 Å². The molecule has 0 aliphatic heterocycles. The van der Waals surface area contributed by atoms with Crippen LogP contribution in [-0.4, -0.2) is 56.7 Å². The lowest BCUT2D eigenvalue weighted by molar-refractivity contribution is 0.473. The first kappa shape index (κ1) is 31.0. The van der Waals surface area contributed by atoms with Crippen molar-refractivity contribution >= 4 is 73.8 Å². The zero-order valence-corrected chi connectivity index (χ0v) is 23.5. The molecule has 0 heterocycles. The van der Waals surface area contributed by atoms with E-state index >= 15 is 0 Å². The maximum Gasteiger partial charge on any atom is 0.296 e. The predicted molar refractivity (Wildman–Crippen MR) is 148 cm³/mol. The topological polar surface area (TPSA) is 215 Å². The Morgan fingerprint density at radius 1 is 0.784 bits per heavy atom. The average molecular weight is 611 g/mol. The summed E-state index contributed by atoms with van der Waals surface area (Å²) >= 11 is 0. The van der Waals surface area contributed by atoms with E-state index in [0.29, 0.717) is 16.3 Å². The smallest absolute Gasteiger partial charge is 0.296 e. The molecule has 0 radical (unpaired) electrons. The largest absolute Gasteiger partial charge is 0.505 e. The lowest BCUT2D eigenvalue weighted by Crippen LogP contribution is -2.08. The van der Waals surface area contributed by atoms with Gasteiger partial charge in [-0.25, -0.2) is 8.42 Å². The lowest BCUT2D eigenvalue weighted by Gasteiger charge is -2.09. The van der Waals surface area contributed by atoms with Crippen LogP contribution in [-0.2, 0) is 30.1 Å². The van der Waals surface area contributed by atoms with Crippen LogP contribution < -0.4 is 11.5 Å². The van der Waals surface area contributed by atoms with Gasteiger partial charge in [0.15, 0.2) is 9.84 Å². The second-order valence-electron chi connectivity index (χ2n) is 7.50. The van der Waals surface area contributed by atoms with Crippen molar-refractivity contribution in [2.75, 3.05) is 28.7 Å². The van der Waals surface area contributed by atoms with Gasteiger partial charge in [-0.15, -0.1) is 0 Å². The van der Waals surface area contributed by atoms with E-state index in [0.717, 1.165) is 36.4 Å². The number of aromatic hydroxyl groups is 1. The Kier molecular flexibility index (Phi) is 10.5. The first-order valence-electron chi connectivity index (χ1n) is 10.4. The zero-order chi connectivity index (χ0) is 28.0. The molecule has 11 nitrogen and oxygen atoms in total. The fourth-order valence-corrected chi connectivity index (χ4v) is 8.19. The minimum Gasteiger partial charge on any atom is -0.505 e. The molecule has 3 aromatic rings. The molecular formula is C21H26N2O9S5. The Balaban J connectivity index is 0.000000264. The third-order valence-corrected chi connectivity index (χ3v) is 11.1. The highest BCUT2D eigenvalue weighted by molar-refractivity contribution is 8.76. The van der Waals surface area contributed by atoms with Gasteiger partial charge in [-0.1, -0.05) is 28.5 Å². The van der Waals surface area contributed by atoms with Gasteiger partial charge < -0.3 is 16.6 Å². The van der Waals surface area contributed by atoms with Gasteiger partial charge >= 0.3 is 0 Å². The Bertz CT molecular complexity index is 1570. The summed E-state index contributed by atoms with van der Waals surface area (Å²) in [6.45, 7) is 2.11. The van der Waals surface area contributed by atoms with E-state index in [1.165, 1.54) is 0 Å². The van der Waals surface area contributed by atoms with Gasteiger partial charge in [-0.2, -0.15) is 16.8 Å². The molecule has 3 aromatic carbocycles. The van der Waals surface area contributed by atoms with E-state index in [2.05, 4.69) is 6.92 Å². The van der Waals surface area contributed by atoms with Crippen molar-refractivity contribution in [3.8, 4) is 5.75 Å². The first-order valence-corrected chi connectivity index (χ1v) is 17.4. The molecule has 7 N–H and O–H groups in total. The highest BCUT2D eigenvalue weighted by atomic mass is 33.1. The number of phenols is 1. The van der Waals surface area contributed by atoms with Gasteiger partial charge in [0.25, 0.3) is 20.2 Å². The minimum atomic E-state index is -4.69. The van der Waals surface area contributed by atoms with Crippen LogP contribution in [0.3, 0.4) is 0 Å². The summed E-state index contributed by atoms with van der Waals surface area (Å²) in [5.41, 5.74) is 10.9. The number of benzene rings is 3. The Labute approximate surface area is 223 Å². The number of hydrogen-bond acceptors (Lipinski definition) is 11. The second kappa shape index (κ2) is 12.6. The maximum atomic E-state index is 11.9. The summed E-state index contributed by atoms with van der Waals surface area (Å²) in [5.74, 6) is 1.25.